The summed E-state index contributed by atoms with van der Waals surface area (Å²) in [5.41, 5.74) is 0.610. The minimum atomic E-state index is -0.735. The molecule has 0 fully saturated rings. The van der Waals surface area contributed by atoms with E-state index in [4.69, 9.17) is 14.2 Å². The highest BCUT2D eigenvalue weighted by Crippen LogP contribution is 2.30. The molecule has 0 saturated heterocycles. The molecule has 2 aromatic rings. The average Bonchev–Trinajstić information content (AvgIpc) is 2.85. The average molecular weight is 474 g/mol. The predicted octanol–water partition coefficient (Wildman–Crippen LogP) is 3.32. The maximum Gasteiger partial charge on any atom is 0.311 e. The first kappa shape index (κ1) is 26.4. The maximum atomic E-state index is 13.1. The number of ether oxygens (including phenoxy) is 3. The largest absolute Gasteiger partial charge is 0.497 e. The van der Waals surface area contributed by atoms with Crippen LogP contribution in [0.4, 0.5) is 5.69 Å². The highest BCUT2D eigenvalue weighted by Gasteiger charge is 2.26. The number of rotatable bonds is 13. The molecule has 10 heteroatoms. The minimum Gasteiger partial charge on any atom is -0.497 e. The van der Waals surface area contributed by atoms with E-state index >= 15 is 0 Å². The van der Waals surface area contributed by atoms with Crippen LogP contribution in [0.2, 0.25) is 0 Å². The number of nitro benzene ring substituents is 1. The number of amides is 2. The van der Waals surface area contributed by atoms with Crippen LogP contribution in [0.15, 0.2) is 42.5 Å². The Bertz CT molecular complexity index is 979. The highest BCUT2D eigenvalue weighted by atomic mass is 16.6. The van der Waals surface area contributed by atoms with Crippen LogP contribution in [0.3, 0.4) is 0 Å². The molecule has 0 saturated carbocycles. The number of nitro groups is 1. The molecule has 2 aromatic carbocycles. The third-order valence-corrected chi connectivity index (χ3v) is 5.22. The van der Waals surface area contributed by atoms with E-state index in [0.29, 0.717) is 12.3 Å². The van der Waals surface area contributed by atoms with Crippen molar-refractivity contribution in [2.45, 2.75) is 39.3 Å². The van der Waals surface area contributed by atoms with E-state index in [1.807, 2.05) is 19.1 Å². The number of carbonyl (C=O) groups excluding carboxylic acids is 2. The van der Waals surface area contributed by atoms with Gasteiger partial charge in [0.05, 0.1) is 19.1 Å². The fourth-order valence-electron chi connectivity index (χ4n) is 3.17. The first-order valence-corrected chi connectivity index (χ1v) is 11.0. The number of nitrogens with one attached hydrogen (secondary N) is 1. The second-order valence-corrected chi connectivity index (χ2v) is 7.57. The van der Waals surface area contributed by atoms with Crippen molar-refractivity contribution in [3.8, 4) is 17.2 Å². The second-order valence-electron chi connectivity index (χ2n) is 7.57. The summed E-state index contributed by atoms with van der Waals surface area (Å²) in [6.07, 6.45) is 1.78. The van der Waals surface area contributed by atoms with Crippen LogP contribution in [-0.4, -0.2) is 55.1 Å². The van der Waals surface area contributed by atoms with Gasteiger partial charge in [0.2, 0.25) is 11.7 Å². The van der Waals surface area contributed by atoms with Crippen molar-refractivity contribution in [1.29, 1.82) is 0 Å². The van der Waals surface area contributed by atoms with Gasteiger partial charge in [-0.15, -0.1) is 0 Å². The van der Waals surface area contributed by atoms with Crippen LogP contribution >= 0.6 is 0 Å². The number of methoxy groups -OCH3 is 2. The van der Waals surface area contributed by atoms with Crippen LogP contribution in [0, 0.1) is 10.1 Å². The molecule has 0 radical (unpaired) electrons. The van der Waals surface area contributed by atoms with Crippen molar-refractivity contribution in [3.05, 3.63) is 58.1 Å². The van der Waals surface area contributed by atoms with E-state index in [0.717, 1.165) is 18.4 Å². The SMILES string of the molecule is CCCCNC(=O)[C@H](C)N(Cc1ccc(OC)cc1)C(=O)COc1ccc([N+](=O)[O-])c(OC)c1. The van der Waals surface area contributed by atoms with Gasteiger partial charge in [-0.25, -0.2) is 0 Å². The maximum absolute atomic E-state index is 13.1. The topological polar surface area (TPSA) is 120 Å². The molecular weight excluding hydrogens is 442 g/mol. The lowest BCUT2D eigenvalue weighted by atomic mass is 10.1. The number of benzene rings is 2. The van der Waals surface area contributed by atoms with E-state index in [1.165, 1.54) is 30.2 Å². The summed E-state index contributed by atoms with van der Waals surface area (Å²) in [5, 5.41) is 13.9. The Morgan fingerprint density at radius 2 is 1.76 bits per heavy atom. The van der Waals surface area contributed by atoms with Crippen molar-refractivity contribution in [2.75, 3.05) is 27.4 Å². The number of hydrogen-bond acceptors (Lipinski definition) is 7. The van der Waals surface area contributed by atoms with E-state index in [9.17, 15) is 19.7 Å². The number of carbonyl (C=O) groups is 2. The summed E-state index contributed by atoms with van der Waals surface area (Å²) in [4.78, 5) is 37.7. The van der Waals surface area contributed by atoms with Gasteiger partial charge < -0.3 is 24.4 Å². The Kier molecular flexibility index (Phi) is 10.1. The monoisotopic (exact) mass is 473 g/mol. The van der Waals surface area contributed by atoms with Crippen LogP contribution in [-0.2, 0) is 16.1 Å². The lowest BCUT2D eigenvalue weighted by Crippen LogP contribution is -2.49. The van der Waals surface area contributed by atoms with Crippen LogP contribution in [0.1, 0.15) is 32.3 Å². The molecule has 0 spiro atoms. The van der Waals surface area contributed by atoms with Gasteiger partial charge in [-0.2, -0.15) is 0 Å². The molecule has 0 aliphatic heterocycles. The van der Waals surface area contributed by atoms with Gasteiger partial charge in [0.15, 0.2) is 6.61 Å². The van der Waals surface area contributed by atoms with Gasteiger partial charge in [-0.1, -0.05) is 25.5 Å². The molecule has 0 aromatic heterocycles. The van der Waals surface area contributed by atoms with Gasteiger partial charge in [-0.05, 0) is 37.1 Å². The van der Waals surface area contributed by atoms with E-state index in [1.54, 1.807) is 26.2 Å². The zero-order valence-electron chi connectivity index (χ0n) is 19.9. The first-order chi connectivity index (χ1) is 16.3. The van der Waals surface area contributed by atoms with E-state index in [-0.39, 0.29) is 36.2 Å². The molecule has 0 aliphatic carbocycles. The summed E-state index contributed by atoms with van der Waals surface area (Å²) in [6.45, 7) is 4.06. The van der Waals surface area contributed by atoms with Crippen molar-refractivity contribution in [2.24, 2.45) is 0 Å². The quantitative estimate of drug-likeness (QED) is 0.269. The Balaban J connectivity index is 2.16. The fraction of sp³-hybridized carbons (Fsp3) is 0.417. The first-order valence-electron chi connectivity index (χ1n) is 11.0. The fourth-order valence-corrected chi connectivity index (χ4v) is 3.17. The predicted molar refractivity (Wildman–Crippen MR) is 126 cm³/mol. The summed E-state index contributed by atoms with van der Waals surface area (Å²) < 4.78 is 15.8. The molecule has 0 heterocycles. The molecule has 1 N–H and O–H groups in total. The summed E-state index contributed by atoms with van der Waals surface area (Å²) in [7, 11) is 2.88. The van der Waals surface area contributed by atoms with Crippen LogP contribution < -0.4 is 19.5 Å². The lowest BCUT2D eigenvalue weighted by molar-refractivity contribution is -0.385. The zero-order chi connectivity index (χ0) is 25.1. The Labute approximate surface area is 198 Å². The van der Waals surface area contributed by atoms with E-state index < -0.39 is 16.9 Å². The van der Waals surface area contributed by atoms with E-state index in [2.05, 4.69) is 5.32 Å². The Morgan fingerprint density at radius 3 is 2.35 bits per heavy atom. The summed E-state index contributed by atoms with van der Waals surface area (Å²) in [6, 6.07) is 10.5. The molecule has 0 bridgehead atoms. The highest BCUT2D eigenvalue weighted by molar-refractivity contribution is 5.88. The van der Waals surface area contributed by atoms with Crippen LogP contribution in [0.25, 0.3) is 0 Å². The number of hydrogen-bond donors (Lipinski definition) is 1. The number of unbranched alkanes of at least 4 members (excludes halogenated alkanes) is 1. The molecule has 2 rings (SSSR count). The molecule has 10 nitrogen and oxygen atoms in total. The summed E-state index contributed by atoms with van der Waals surface area (Å²) in [5.74, 6) is 0.273. The molecule has 184 valence electrons. The van der Waals surface area contributed by atoms with Gasteiger partial charge in [0, 0.05) is 25.2 Å². The molecule has 0 unspecified atom stereocenters. The molecule has 0 aliphatic rings. The second kappa shape index (κ2) is 13.0. The van der Waals surface area contributed by atoms with Crippen LogP contribution in [0.5, 0.6) is 17.2 Å². The molecule has 34 heavy (non-hydrogen) atoms. The van der Waals surface area contributed by atoms with Gasteiger partial charge in [-0.3, -0.25) is 19.7 Å². The normalized spacial score (nSPS) is 11.3. The third kappa shape index (κ3) is 7.36. The Hall–Kier alpha value is -3.82. The standard InChI is InChI=1S/C24H31N3O7/c1-5-6-13-25-24(29)17(2)26(15-18-7-9-19(32-3)10-8-18)23(28)16-34-20-11-12-21(27(30)31)22(14-20)33-4/h7-12,14,17H,5-6,13,15-16H2,1-4H3,(H,25,29)/t17-/m0/s1. The smallest absolute Gasteiger partial charge is 0.311 e. The van der Waals surface area contributed by atoms with Gasteiger partial charge in [0.25, 0.3) is 5.91 Å². The van der Waals surface area contributed by atoms with Crippen molar-refractivity contribution in [3.63, 3.8) is 0 Å². The van der Waals surface area contributed by atoms with Crippen molar-refractivity contribution >= 4 is 17.5 Å². The molecule has 1 atom stereocenters. The molecular formula is C24H31N3O7. The summed E-state index contributed by atoms with van der Waals surface area (Å²) >= 11 is 0. The Morgan fingerprint density at radius 1 is 1.09 bits per heavy atom. The zero-order valence-corrected chi connectivity index (χ0v) is 19.9. The van der Waals surface area contributed by atoms with Crippen molar-refractivity contribution < 1.29 is 28.7 Å². The van der Waals surface area contributed by atoms with Gasteiger partial charge >= 0.3 is 5.69 Å². The number of nitrogens with zero attached hydrogens (tertiary/aromatic N) is 2. The lowest BCUT2D eigenvalue weighted by Gasteiger charge is -2.28. The molecule has 2 amide bonds. The van der Waals surface area contributed by atoms with Gasteiger partial charge in [0.1, 0.15) is 17.5 Å². The van der Waals surface area contributed by atoms with Crippen molar-refractivity contribution in [1.82, 2.24) is 10.2 Å². The minimum absolute atomic E-state index is 0.0220. The third-order valence-electron chi connectivity index (χ3n) is 5.22.